The molecule has 19 heavy (non-hydrogen) atoms. The molecule has 0 saturated carbocycles. The summed E-state index contributed by atoms with van der Waals surface area (Å²) in [4.78, 5) is 2.56. The standard InChI is InChI=1S/C16H27N3/c1-14(2)12-19-10-8-16(13-17,9-11-19)18-15-6-4-3-5-7-15/h3-7,14,18H,8-13,17H2,1-2H3. The summed E-state index contributed by atoms with van der Waals surface area (Å²) in [7, 11) is 0. The number of anilines is 1. The van der Waals surface area contributed by atoms with E-state index >= 15 is 0 Å². The van der Waals surface area contributed by atoms with Gasteiger partial charge >= 0.3 is 0 Å². The lowest BCUT2D eigenvalue weighted by atomic mass is 9.87. The monoisotopic (exact) mass is 261 g/mol. The zero-order chi connectivity index (χ0) is 13.7. The first kappa shape index (κ1) is 14.4. The maximum atomic E-state index is 6.05. The Morgan fingerprint density at radius 2 is 1.84 bits per heavy atom. The summed E-state index contributed by atoms with van der Waals surface area (Å²) < 4.78 is 0. The number of rotatable bonds is 5. The van der Waals surface area contributed by atoms with E-state index in [2.05, 4.69) is 48.3 Å². The lowest BCUT2D eigenvalue weighted by molar-refractivity contribution is 0.161. The van der Waals surface area contributed by atoms with Gasteiger partial charge < -0.3 is 16.0 Å². The molecule has 0 unspecified atom stereocenters. The van der Waals surface area contributed by atoms with E-state index in [1.807, 2.05) is 6.07 Å². The van der Waals surface area contributed by atoms with Crippen LogP contribution in [0, 0.1) is 5.92 Å². The molecule has 1 fully saturated rings. The Hall–Kier alpha value is -1.06. The van der Waals surface area contributed by atoms with E-state index in [0.29, 0.717) is 6.54 Å². The number of nitrogens with zero attached hydrogens (tertiary/aromatic N) is 1. The lowest BCUT2D eigenvalue weighted by Crippen LogP contribution is -2.54. The van der Waals surface area contributed by atoms with Gasteiger partial charge in [-0.15, -0.1) is 0 Å². The maximum absolute atomic E-state index is 6.05. The molecule has 3 heteroatoms. The zero-order valence-electron chi connectivity index (χ0n) is 12.2. The fourth-order valence-corrected chi connectivity index (χ4v) is 2.89. The second kappa shape index (κ2) is 6.40. The molecule has 1 aliphatic rings. The summed E-state index contributed by atoms with van der Waals surface area (Å²) in [6, 6.07) is 10.4. The van der Waals surface area contributed by atoms with Gasteiger partial charge in [-0.2, -0.15) is 0 Å². The van der Waals surface area contributed by atoms with Crippen LogP contribution in [0.1, 0.15) is 26.7 Å². The first-order valence-corrected chi connectivity index (χ1v) is 7.39. The molecule has 3 nitrogen and oxygen atoms in total. The summed E-state index contributed by atoms with van der Waals surface area (Å²) in [6.45, 7) is 8.77. The van der Waals surface area contributed by atoms with Crippen molar-refractivity contribution in [2.75, 3.05) is 31.5 Å². The summed E-state index contributed by atoms with van der Waals surface area (Å²) in [6.07, 6.45) is 2.26. The number of hydrogen-bond acceptors (Lipinski definition) is 3. The molecule has 1 aromatic carbocycles. The van der Waals surface area contributed by atoms with Crippen LogP contribution in [0.5, 0.6) is 0 Å². The molecule has 3 N–H and O–H groups in total. The average Bonchev–Trinajstić information content (AvgIpc) is 2.42. The van der Waals surface area contributed by atoms with E-state index in [1.165, 1.54) is 12.2 Å². The third-order valence-corrected chi connectivity index (χ3v) is 4.01. The van der Waals surface area contributed by atoms with Gasteiger partial charge in [0.15, 0.2) is 0 Å². The summed E-state index contributed by atoms with van der Waals surface area (Å²) in [5.74, 6) is 0.743. The number of nitrogens with two attached hydrogens (primary N) is 1. The topological polar surface area (TPSA) is 41.3 Å². The number of para-hydroxylation sites is 1. The Morgan fingerprint density at radius 1 is 1.21 bits per heavy atom. The van der Waals surface area contributed by atoms with Crippen molar-refractivity contribution in [2.24, 2.45) is 11.7 Å². The van der Waals surface area contributed by atoms with Crippen LogP contribution < -0.4 is 11.1 Å². The average molecular weight is 261 g/mol. The van der Waals surface area contributed by atoms with Crippen LogP contribution in [0.3, 0.4) is 0 Å². The van der Waals surface area contributed by atoms with E-state index < -0.39 is 0 Å². The highest BCUT2D eigenvalue weighted by molar-refractivity contribution is 5.45. The van der Waals surface area contributed by atoms with Gasteiger partial charge in [-0.25, -0.2) is 0 Å². The molecule has 1 aromatic rings. The Morgan fingerprint density at radius 3 is 2.37 bits per heavy atom. The Labute approximate surface area is 117 Å². The molecule has 0 bridgehead atoms. The normalized spacial score (nSPS) is 19.6. The van der Waals surface area contributed by atoms with Gasteiger partial charge in [-0.1, -0.05) is 32.0 Å². The van der Waals surface area contributed by atoms with Crippen LogP contribution >= 0.6 is 0 Å². The third-order valence-electron chi connectivity index (χ3n) is 4.01. The van der Waals surface area contributed by atoms with Crippen molar-refractivity contribution < 1.29 is 0 Å². The van der Waals surface area contributed by atoms with Gasteiger partial charge in [0.05, 0.1) is 5.54 Å². The predicted molar refractivity (Wildman–Crippen MR) is 82.4 cm³/mol. The van der Waals surface area contributed by atoms with Crippen LogP contribution in [0.4, 0.5) is 5.69 Å². The van der Waals surface area contributed by atoms with E-state index in [-0.39, 0.29) is 5.54 Å². The highest BCUT2D eigenvalue weighted by atomic mass is 15.2. The number of nitrogens with one attached hydrogen (secondary N) is 1. The molecule has 2 rings (SSSR count). The minimum absolute atomic E-state index is 0.0782. The largest absolute Gasteiger partial charge is 0.378 e. The van der Waals surface area contributed by atoms with Crippen molar-refractivity contribution >= 4 is 5.69 Å². The molecular formula is C16H27N3. The molecule has 0 aromatic heterocycles. The fraction of sp³-hybridized carbons (Fsp3) is 0.625. The second-order valence-corrected chi connectivity index (χ2v) is 6.17. The zero-order valence-corrected chi connectivity index (χ0v) is 12.2. The van der Waals surface area contributed by atoms with Crippen molar-refractivity contribution in [1.29, 1.82) is 0 Å². The Kier molecular flexibility index (Phi) is 4.83. The first-order chi connectivity index (χ1) is 9.13. The minimum atomic E-state index is 0.0782. The van der Waals surface area contributed by atoms with Crippen LogP contribution in [0.15, 0.2) is 30.3 Å². The van der Waals surface area contributed by atoms with Crippen LogP contribution in [-0.2, 0) is 0 Å². The van der Waals surface area contributed by atoms with Gasteiger partial charge in [0.2, 0.25) is 0 Å². The van der Waals surface area contributed by atoms with Gasteiger partial charge in [0.25, 0.3) is 0 Å². The highest BCUT2D eigenvalue weighted by Gasteiger charge is 2.33. The number of piperidine rings is 1. The summed E-state index contributed by atoms with van der Waals surface area (Å²) in [5, 5.41) is 3.67. The summed E-state index contributed by atoms with van der Waals surface area (Å²) >= 11 is 0. The summed E-state index contributed by atoms with van der Waals surface area (Å²) in [5.41, 5.74) is 7.32. The number of hydrogen-bond donors (Lipinski definition) is 2. The molecule has 1 aliphatic heterocycles. The molecule has 1 saturated heterocycles. The molecular weight excluding hydrogens is 234 g/mol. The van der Waals surface area contributed by atoms with E-state index in [4.69, 9.17) is 5.73 Å². The third kappa shape index (κ3) is 3.95. The Bertz CT molecular complexity index is 367. The Balaban J connectivity index is 1.94. The van der Waals surface area contributed by atoms with Crippen LogP contribution in [-0.4, -0.2) is 36.6 Å². The van der Waals surface area contributed by atoms with Crippen LogP contribution in [0.25, 0.3) is 0 Å². The van der Waals surface area contributed by atoms with Gasteiger partial charge in [0.1, 0.15) is 0 Å². The molecule has 0 aliphatic carbocycles. The lowest BCUT2D eigenvalue weighted by Gasteiger charge is -2.43. The smallest absolute Gasteiger partial charge is 0.0520 e. The van der Waals surface area contributed by atoms with Crippen LogP contribution in [0.2, 0.25) is 0 Å². The molecule has 0 amide bonds. The number of benzene rings is 1. The van der Waals surface area contributed by atoms with E-state index in [0.717, 1.165) is 31.8 Å². The van der Waals surface area contributed by atoms with Crippen molar-refractivity contribution in [3.63, 3.8) is 0 Å². The molecule has 0 radical (unpaired) electrons. The van der Waals surface area contributed by atoms with Crippen molar-refractivity contribution in [3.05, 3.63) is 30.3 Å². The first-order valence-electron chi connectivity index (χ1n) is 7.39. The van der Waals surface area contributed by atoms with E-state index in [9.17, 15) is 0 Å². The van der Waals surface area contributed by atoms with Gasteiger partial charge in [-0.05, 0) is 30.9 Å². The maximum Gasteiger partial charge on any atom is 0.0520 e. The SMILES string of the molecule is CC(C)CN1CCC(CN)(Nc2ccccc2)CC1. The quantitative estimate of drug-likeness (QED) is 0.856. The minimum Gasteiger partial charge on any atom is -0.378 e. The van der Waals surface area contributed by atoms with E-state index in [1.54, 1.807) is 0 Å². The number of likely N-dealkylation sites (tertiary alicyclic amines) is 1. The molecule has 106 valence electrons. The van der Waals surface area contributed by atoms with Crippen molar-refractivity contribution in [1.82, 2.24) is 4.90 Å². The molecule has 0 spiro atoms. The molecule has 0 atom stereocenters. The molecule has 1 heterocycles. The van der Waals surface area contributed by atoms with Gasteiger partial charge in [-0.3, -0.25) is 0 Å². The fourth-order valence-electron chi connectivity index (χ4n) is 2.89. The second-order valence-electron chi connectivity index (χ2n) is 6.17. The predicted octanol–water partition coefficient (Wildman–Crippen LogP) is 2.55. The van der Waals surface area contributed by atoms with Crippen molar-refractivity contribution in [2.45, 2.75) is 32.2 Å². The highest BCUT2D eigenvalue weighted by Crippen LogP contribution is 2.26. The van der Waals surface area contributed by atoms with Gasteiger partial charge in [0, 0.05) is 31.9 Å². The van der Waals surface area contributed by atoms with Crippen molar-refractivity contribution in [3.8, 4) is 0 Å².